The van der Waals surface area contributed by atoms with Gasteiger partial charge in [0.15, 0.2) is 5.82 Å². The van der Waals surface area contributed by atoms with Gasteiger partial charge in [0.05, 0.1) is 5.52 Å². The average molecular weight is 480 g/mol. The van der Waals surface area contributed by atoms with Crippen molar-refractivity contribution in [1.82, 2.24) is 25.2 Å². The number of aryl methyl sites for hydroxylation is 1. The van der Waals surface area contributed by atoms with Crippen LogP contribution in [0.3, 0.4) is 0 Å². The van der Waals surface area contributed by atoms with Crippen molar-refractivity contribution in [3.63, 3.8) is 0 Å². The van der Waals surface area contributed by atoms with Crippen molar-refractivity contribution in [1.29, 1.82) is 0 Å². The zero-order valence-electron chi connectivity index (χ0n) is 20.3. The Hall–Kier alpha value is -3.33. The molecule has 0 bridgehead atoms. The number of anilines is 1. The maximum Gasteiger partial charge on any atom is 0.202 e. The molecular formula is C26H31F2N7. The second-order valence-corrected chi connectivity index (χ2v) is 9.62. The molecule has 9 heteroatoms. The number of fused-ring (bicyclic) bond motifs is 1. The van der Waals surface area contributed by atoms with Gasteiger partial charge in [0.1, 0.15) is 29.0 Å². The maximum atomic E-state index is 14.9. The minimum absolute atomic E-state index is 0.0904. The van der Waals surface area contributed by atoms with E-state index in [0.717, 1.165) is 19.5 Å². The number of benzene rings is 1. The Morgan fingerprint density at radius 2 is 1.97 bits per heavy atom. The summed E-state index contributed by atoms with van der Waals surface area (Å²) in [6.07, 6.45) is 6.51. The fraction of sp³-hybridized carbons (Fsp3) is 0.423. The van der Waals surface area contributed by atoms with E-state index in [9.17, 15) is 8.78 Å². The molecule has 2 aliphatic heterocycles. The van der Waals surface area contributed by atoms with E-state index >= 15 is 0 Å². The maximum absolute atomic E-state index is 14.9. The van der Waals surface area contributed by atoms with E-state index in [1.165, 1.54) is 30.7 Å². The van der Waals surface area contributed by atoms with Crippen LogP contribution in [-0.2, 0) is 6.42 Å². The molecule has 7 nitrogen and oxygen atoms in total. The number of aliphatic imine (C=N–C) groups is 1. The highest BCUT2D eigenvalue weighted by Gasteiger charge is 2.25. The van der Waals surface area contributed by atoms with Gasteiger partial charge in [-0.15, -0.1) is 0 Å². The lowest BCUT2D eigenvalue weighted by Gasteiger charge is -2.22. The van der Waals surface area contributed by atoms with Crippen LogP contribution >= 0.6 is 0 Å². The highest BCUT2D eigenvalue weighted by molar-refractivity contribution is 5.94. The third-order valence-electron chi connectivity index (χ3n) is 6.70. The largest absolute Gasteiger partial charge is 0.330 e. The quantitative estimate of drug-likeness (QED) is 0.484. The number of nitrogens with one attached hydrogen (secondary N) is 3. The number of halogens is 2. The first-order valence-corrected chi connectivity index (χ1v) is 12.2. The van der Waals surface area contributed by atoms with E-state index < -0.39 is 17.7 Å². The summed E-state index contributed by atoms with van der Waals surface area (Å²) in [5, 5.41) is 9.33. The van der Waals surface area contributed by atoms with Gasteiger partial charge in [-0.3, -0.25) is 0 Å². The van der Waals surface area contributed by atoms with E-state index in [2.05, 4.69) is 37.0 Å². The van der Waals surface area contributed by atoms with Gasteiger partial charge in [0.25, 0.3) is 0 Å². The molecule has 0 spiro atoms. The van der Waals surface area contributed by atoms with Gasteiger partial charge in [-0.2, -0.15) is 0 Å². The van der Waals surface area contributed by atoms with Gasteiger partial charge in [-0.05, 0) is 88.4 Å². The monoisotopic (exact) mass is 479 g/mol. The van der Waals surface area contributed by atoms with Crippen molar-refractivity contribution in [3.8, 4) is 0 Å². The van der Waals surface area contributed by atoms with E-state index in [4.69, 9.17) is 0 Å². The SMILES string of the molecule is Cc1nc2c(F)cc(C3N=C(Nc4ccc(CC5CCNCC5)cn4)NC=C3F)cc2n1C(C)C. The van der Waals surface area contributed by atoms with Gasteiger partial charge in [-0.1, -0.05) is 6.07 Å². The molecule has 3 N–H and O–H groups in total. The van der Waals surface area contributed by atoms with Gasteiger partial charge < -0.3 is 20.5 Å². The van der Waals surface area contributed by atoms with Crippen LogP contribution in [0.25, 0.3) is 11.0 Å². The zero-order chi connectivity index (χ0) is 24.5. The molecule has 184 valence electrons. The summed E-state index contributed by atoms with van der Waals surface area (Å²) in [4.78, 5) is 13.4. The Bertz CT molecular complexity index is 1270. The molecular weight excluding hydrogens is 448 g/mol. The van der Waals surface area contributed by atoms with Gasteiger partial charge in [0, 0.05) is 18.4 Å². The molecule has 5 rings (SSSR count). The molecule has 3 aromatic rings. The second-order valence-electron chi connectivity index (χ2n) is 9.62. The minimum Gasteiger partial charge on any atom is -0.330 e. The number of imidazole rings is 1. The number of aromatic nitrogens is 3. The van der Waals surface area contributed by atoms with Crippen molar-refractivity contribution in [2.45, 2.75) is 52.1 Å². The van der Waals surface area contributed by atoms with Crippen LogP contribution in [0.5, 0.6) is 0 Å². The summed E-state index contributed by atoms with van der Waals surface area (Å²) >= 11 is 0. The average Bonchev–Trinajstić information content (AvgIpc) is 3.19. The highest BCUT2D eigenvalue weighted by atomic mass is 19.1. The fourth-order valence-electron chi connectivity index (χ4n) is 5.00. The Morgan fingerprint density at radius 3 is 2.69 bits per heavy atom. The van der Waals surface area contributed by atoms with E-state index in [-0.39, 0.29) is 11.6 Å². The molecule has 4 heterocycles. The lowest BCUT2D eigenvalue weighted by Crippen LogP contribution is -2.31. The summed E-state index contributed by atoms with van der Waals surface area (Å²) in [5.41, 5.74) is 2.55. The molecule has 1 saturated heterocycles. The van der Waals surface area contributed by atoms with Gasteiger partial charge >= 0.3 is 0 Å². The molecule has 1 unspecified atom stereocenters. The van der Waals surface area contributed by atoms with Crippen LogP contribution < -0.4 is 16.0 Å². The highest BCUT2D eigenvalue weighted by Crippen LogP contribution is 2.33. The fourth-order valence-corrected chi connectivity index (χ4v) is 5.00. The van der Waals surface area contributed by atoms with Crippen LogP contribution in [0, 0.1) is 18.7 Å². The zero-order valence-corrected chi connectivity index (χ0v) is 20.3. The molecule has 0 radical (unpaired) electrons. The Kier molecular flexibility index (Phi) is 6.51. The number of hydrogen-bond acceptors (Lipinski definition) is 6. The summed E-state index contributed by atoms with van der Waals surface area (Å²) in [6, 6.07) is 6.18. The second kappa shape index (κ2) is 9.73. The first-order valence-electron chi connectivity index (χ1n) is 12.2. The molecule has 2 aromatic heterocycles. The van der Waals surface area contributed by atoms with E-state index in [0.29, 0.717) is 34.6 Å². The number of nitrogens with zero attached hydrogens (tertiary/aromatic N) is 4. The Balaban J connectivity index is 1.36. The van der Waals surface area contributed by atoms with Crippen molar-refractivity contribution in [3.05, 3.63) is 65.3 Å². The lowest BCUT2D eigenvalue weighted by atomic mass is 9.92. The summed E-state index contributed by atoms with van der Waals surface area (Å²) in [7, 11) is 0. The van der Waals surface area contributed by atoms with Crippen molar-refractivity contribution >= 4 is 22.8 Å². The predicted octanol–water partition coefficient (Wildman–Crippen LogP) is 4.93. The number of guanidine groups is 1. The number of hydrogen-bond donors (Lipinski definition) is 3. The van der Waals surface area contributed by atoms with E-state index in [1.807, 2.05) is 37.6 Å². The number of pyridine rings is 1. The molecule has 1 atom stereocenters. The Labute approximate surface area is 203 Å². The smallest absolute Gasteiger partial charge is 0.202 e. The minimum atomic E-state index is -0.965. The Morgan fingerprint density at radius 1 is 1.17 bits per heavy atom. The molecule has 1 fully saturated rings. The van der Waals surface area contributed by atoms with Crippen LogP contribution in [0.2, 0.25) is 0 Å². The summed E-state index contributed by atoms with van der Waals surface area (Å²) in [6.45, 7) is 8.01. The normalized spacial score (nSPS) is 19.0. The van der Waals surface area contributed by atoms with Crippen LogP contribution in [-0.4, -0.2) is 33.6 Å². The van der Waals surface area contributed by atoms with Gasteiger partial charge in [0.2, 0.25) is 5.96 Å². The topological polar surface area (TPSA) is 79.2 Å². The molecule has 2 aliphatic rings. The third-order valence-corrected chi connectivity index (χ3v) is 6.70. The van der Waals surface area contributed by atoms with Crippen molar-refractivity contribution in [2.75, 3.05) is 18.4 Å². The van der Waals surface area contributed by atoms with E-state index in [1.54, 1.807) is 6.07 Å². The lowest BCUT2D eigenvalue weighted by molar-refractivity contribution is 0.372. The summed E-state index contributed by atoms with van der Waals surface area (Å²) in [5.74, 6) is 1.38. The van der Waals surface area contributed by atoms with Crippen molar-refractivity contribution in [2.24, 2.45) is 10.9 Å². The van der Waals surface area contributed by atoms with Gasteiger partial charge in [-0.25, -0.2) is 23.7 Å². The molecule has 1 aromatic carbocycles. The standard InChI is InChI=1S/C26H31F2N7/c1-15(2)35-16(3)32-25-20(27)11-19(12-22(25)35)24-21(28)14-31-26(34-24)33-23-5-4-18(13-30-23)10-17-6-8-29-9-7-17/h4-5,11-15,17,24,29H,6-10H2,1-3H3,(H2,30,31,33,34). The van der Waals surface area contributed by atoms with Crippen LogP contribution in [0.1, 0.15) is 55.7 Å². The van der Waals surface area contributed by atoms with Crippen LogP contribution in [0.4, 0.5) is 14.6 Å². The third kappa shape index (κ3) is 4.91. The number of piperidine rings is 1. The molecule has 0 saturated carbocycles. The first-order chi connectivity index (χ1) is 16.9. The number of rotatable bonds is 5. The molecule has 0 aliphatic carbocycles. The van der Waals surface area contributed by atoms with Crippen LogP contribution in [0.15, 0.2) is 47.5 Å². The van der Waals surface area contributed by atoms with Crippen molar-refractivity contribution < 1.29 is 8.78 Å². The molecule has 0 amide bonds. The predicted molar refractivity (Wildman–Crippen MR) is 134 cm³/mol. The summed E-state index contributed by atoms with van der Waals surface area (Å²) < 4.78 is 31.7. The molecule has 35 heavy (non-hydrogen) atoms. The first kappa shape index (κ1) is 23.4.